The van der Waals surface area contributed by atoms with Crippen LogP contribution in [0.25, 0.3) is 11.4 Å². The van der Waals surface area contributed by atoms with Crippen LogP contribution in [0.4, 0.5) is 0 Å². The summed E-state index contributed by atoms with van der Waals surface area (Å²) in [5.41, 5.74) is 4.87. The lowest BCUT2D eigenvalue weighted by Crippen LogP contribution is -2.37. The number of aromatic nitrogens is 3. The molecule has 0 bridgehead atoms. The monoisotopic (exact) mass is 490 g/mol. The van der Waals surface area contributed by atoms with Gasteiger partial charge < -0.3 is 9.30 Å². The summed E-state index contributed by atoms with van der Waals surface area (Å²) in [7, 11) is 0. The molecule has 6 rings (SSSR count). The van der Waals surface area contributed by atoms with E-state index in [1.165, 1.54) is 42.9 Å². The van der Waals surface area contributed by atoms with Crippen molar-refractivity contribution in [2.24, 2.45) is 0 Å². The van der Waals surface area contributed by atoms with Crippen molar-refractivity contribution in [3.8, 4) is 17.1 Å². The maximum atomic E-state index is 12.8. The van der Waals surface area contributed by atoms with Crippen molar-refractivity contribution in [2.45, 2.75) is 82.9 Å². The summed E-state index contributed by atoms with van der Waals surface area (Å²) < 4.78 is 12.7. The van der Waals surface area contributed by atoms with Gasteiger partial charge >= 0.3 is 5.76 Å². The molecular formula is C28H34N4O4. The zero-order valence-electron chi connectivity index (χ0n) is 21.0. The number of piperidine rings is 1. The Hall–Kier alpha value is -3.13. The Kier molecular flexibility index (Phi) is 6.07. The van der Waals surface area contributed by atoms with Crippen LogP contribution in [-0.4, -0.2) is 38.8 Å². The summed E-state index contributed by atoms with van der Waals surface area (Å²) in [4.78, 5) is 29.0. The maximum Gasteiger partial charge on any atom is 0.439 e. The quantitative estimate of drug-likeness (QED) is 0.497. The average molecular weight is 491 g/mol. The molecule has 3 fully saturated rings. The Morgan fingerprint density at radius 1 is 1.03 bits per heavy atom. The molecule has 0 radical (unpaired) electrons. The third-order valence-corrected chi connectivity index (χ3v) is 7.67. The van der Waals surface area contributed by atoms with E-state index < -0.39 is 5.76 Å². The third kappa shape index (κ3) is 4.91. The normalized spacial score (nSPS) is 19.2. The van der Waals surface area contributed by atoms with Crippen LogP contribution in [0.2, 0.25) is 0 Å². The second-order valence-corrected chi connectivity index (χ2v) is 10.9. The number of rotatable bonds is 8. The van der Waals surface area contributed by atoms with E-state index in [-0.39, 0.29) is 23.5 Å². The van der Waals surface area contributed by atoms with Crippen LogP contribution in [0.5, 0.6) is 5.75 Å². The molecule has 0 unspecified atom stereocenters. The van der Waals surface area contributed by atoms with Gasteiger partial charge in [-0.25, -0.2) is 4.79 Å². The average Bonchev–Trinajstić information content (AvgIpc) is 3.78. The molecular weight excluding hydrogens is 456 g/mol. The van der Waals surface area contributed by atoms with Gasteiger partial charge in [0.15, 0.2) is 5.82 Å². The Morgan fingerprint density at radius 3 is 2.31 bits per heavy atom. The molecule has 1 aliphatic heterocycles. The van der Waals surface area contributed by atoms with Crippen LogP contribution in [0.3, 0.4) is 0 Å². The van der Waals surface area contributed by atoms with Crippen molar-refractivity contribution in [3.05, 3.63) is 68.1 Å². The number of nitrogens with one attached hydrogen (secondary N) is 1. The number of benzene rings is 1. The molecule has 36 heavy (non-hydrogen) atoms. The number of ether oxygens (including phenoxy) is 1. The maximum absolute atomic E-state index is 12.8. The summed E-state index contributed by atoms with van der Waals surface area (Å²) in [6.45, 7) is 6.94. The van der Waals surface area contributed by atoms with E-state index in [0.29, 0.717) is 5.56 Å². The molecule has 1 saturated heterocycles. The summed E-state index contributed by atoms with van der Waals surface area (Å²) in [5, 5.41) is 3.68. The Balaban J connectivity index is 1.16. The fourth-order valence-corrected chi connectivity index (χ4v) is 5.53. The molecule has 0 atom stereocenters. The number of likely N-dealkylation sites (tertiary alicyclic amines) is 1. The van der Waals surface area contributed by atoms with Crippen LogP contribution >= 0.6 is 0 Å². The highest BCUT2D eigenvalue weighted by molar-refractivity contribution is 5.52. The third-order valence-electron chi connectivity index (χ3n) is 7.67. The van der Waals surface area contributed by atoms with Crippen LogP contribution in [0.1, 0.15) is 86.9 Å². The van der Waals surface area contributed by atoms with E-state index in [1.807, 2.05) is 4.57 Å². The van der Waals surface area contributed by atoms with Crippen molar-refractivity contribution < 1.29 is 9.26 Å². The lowest BCUT2D eigenvalue weighted by Gasteiger charge is -2.33. The first-order valence-electron chi connectivity index (χ1n) is 13.3. The number of aromatic amines is 1. The molecule has 3 heterocycles. The number of H-pyrrole nitrogens is 1. The number of hydrogen-bond donors (Lipinski definition) is 1. The van der Waals surface area contributed by atoms with Crippen LogP contribution in [-0.2, 0) is 6.54 Å². The van der Waals surface area contributed by atoms with Gasteiger partial charge in [0.25, 0.3) is 5.56 Å². The zero-order chi connectivity index (χ0) is 24.8. The highest BCUT2D eigenvalue weighted by Crippen LogP contribution is 2.51. The molecule has 2 saturated carbocycles. The smallest absolute Gasteiger partial charge is 0.439 e. The van der Waals surface area contributed by atoms with E-state index in [2.05, 4.69) is 45.5 Å². The van der Waals surface area contributed by atoms with Crippen LogP contribution < -0.4 is 16.1 Å². The fraction of sp³-hybridized carbons (Fsp3) is 0.536. The molecule has 0 spiro atoms. The first-order valence-corrected chi connectivity index (χ1v) is 13.3. The number of nitrogens with zero attached hydrogens (tertiary/aromatic N) is 3. The molecule has 2 aromatic heterocycles. The Labute approximate surface area is 210 Å². The van der Waals surface area contributed by atoms with Gasteiger partial charge in [-0.3, -0.25) is 19.2 Å². The highest BCUT2D eigenvalue weighted by atomic mass is 16.5. The summed E-state index contributed by atoms with van der Waals surface area (Å²) in [6, 6.07) is 8.28. The van der Waals surface area contributed by atoms with Gasteiger partial charge in [-0.05, 0) is 87.5 Å². The topological polar surface area (TPSA) is 93.4 Å². The molecule has 190 valence electrons. The minimum Gasteiger partial charge on any atom is -0.491 e. The van der Waals surface area contributed by atoms with Crippen molar-refractivity contribution >= 4 is 0 Å². The standard InChI is InChI=1S/C28H34N4O4/c1-17(2)35-25-15-24(19-5-6-19)23(18-3-4-18)13-21(25)16-31-10-8-22(9-11-31)32-12-7-20(14-26(32)33)27-29-28(34)36-30-27/h7,12-15,17-19,22H,3-6,8-11,16H2,1-2H3,(H,29,30,34). The lowest BCUT2D eigenvalue weighted by atomic mass is 9.95. The Bertz CT molecular complexity index is 1350. The van der Waals surface area contributed by atoms with E-state index >= 15 is 0 Å². The zero-order valence-corrected chi connectivity index (χ0v) is 21.0. The van der Waals surface area contributed by atoms with Gasteiger partial charge in [-0.2, -0.15) is 0 Å². The van der Waals surface area contributed by atoms with E-state index in [1.54, 1.807) is 17.8 Å². The highest BCUT2D eigenvalue weighted by Gasteiger charge is 2.34. The molecule has 1 aromatic carbocycles. The number of hydrogen-bond acceptors (Lipinski definition) is 6. The molecule has 3 aromatic rings. The van der Waals surface area contributed by atoms with Gasteiger partial charge in [-0.15, -0.1) is 0 Å². The van der Waals surface area contributed by atoms with Gasteiger partial charge in [-0.1, -0.05) is 11.2 Å². The minimum absolute atomic E-state index is 0.0906. The summed E-state index contributed by atoms with van der Waals surface area (Å²) in [6.07, 6.45) is 9.03. The van der Waals surface area contributed by atoms with Crippen LogP contribution in [0.15, 0.2) is 44.6 Å². The molecule has 0 amide bonds. The lowest BCUT2D eigenvalue weighted by molar-refractivity contribution is 0.173. The minimum atomic E-state index is -0.630. The van der Waals surface area contributed by atoms with E-state index in [4.69, 9.17) is 4.74 Å². The van der Waals surface area contributed by atoms with Gasteiger partial charge in [0.2, 0.25) is 0 Å². The summed E-state index contributed by atoms with van der Waals surface area (Å²) >= 11 is 0. The predicted octanol–water partition coefficient (Wildman–Crippen LogP) is 4.57. The van der Waals surface area contributed by atoms with Gasteiger partial charge in [0.1, 0.15) is 5.75 Å². The van der Waals surface area contributed by atoms with Gasteiger partial charge in [0.05, 0.1) is 6.10 Å². The molecule has 2 aliphatic carbocycles. The van der Waals surface area contributed by atoms with Crippen molar-refractivity contribution in [2.75, 3.05) is 13.1 Å². The van der Waals surface area contributed by atoms with Crippen molar-refractivity contribution in [1.29, 1.82) is 0 Å². The predicted molar refractivity (Wildman–Crippen MR) is 137 cm³/mol. The second kappa shape index (κ2) is 9.39. The summed E-state index contributed by atoms with van der Waals surface area (Å²) in [5.74, 6) is 2.17. The van der Waals surface area contributed by atoms with Crippen molar-refractivity contribution in [1.82, 2.24) is 19.6 Å². The van der Waals surface area contributed by atoms with E-state index in [9.17, 15) is 9.59 Å². The first-order chi connectivity index (χ1) is 17.4. The molecule has 8 nitrogen and oxygen atoms in total. The van der Waals surface area contributed by atoms with Gasteiger partial charge in [0, 0.05) is 49.1 Å². The second-order valence-electron chi connectivity index (χ2n) is 10.9. The SMILES string of the molecule is CC(C)Oc1cc(C2CC2)c(C2CC2)cc1CN1CCC(n2ccc(-c3noc(=O)[nH]3)cc2=O)CC1. The molecule has 3 aliphatic rings. The van der Waals surface area contributed by atoms with Crippen LogP contribution in [0, 0.1) is 0 Å². The molecule has 8 heteroatoms. The van der Waals surface area contributed by atoms with Crippen molar-refractivity contribution in [3.63, 3.8) is 0 Å². The fourth-order valence-electron chi connectivity index (χ4n) is 5.53. The molecule has 1 N–H and O–H groups in total. The number of pyridine rings is 1. The largest absolute Gasteiger partial charge is 0.491 e. The first kappa shape index (κ1) is 23.3. The van der Waals surface area contributed by atoms with E-state index in [0.717, 1.165) is 50.1 Å². The Morgan fingerprint density at radius 2 is 1.72 bits per heavy atom.